The molecule has 2 rings (SSSR count). The third-order valence-electron chi connectivity index (χ3n) is 2.29. The molecule has 0 spiro atoms. The van der Waals surface area contributed by atoms with Crippen molar-refractivity contribution in [3.05, 3.63) is 10.5 Å². The number of likely N-dealkylation sites (N-methyl/N-ethyl adjacent to an activating group) is 1. The van der Waals surface area contributed by atoms with Crippen LogP contribution in [0.1, 0.15) is 12.8 Å². The number of ether oxygens (including phenoxy) is 1. The summed E-state index contributed by atoms with van der Waals surface area (Å²) in [6, 6.07) is 0. The van der Waals surface area contributed by atoms with Gasteiger partial charge in [-0.05, 0) is 12.8 Å². The van der Waals surface area contributed by atoms with E-state index in [-0.39, 0.29) is 0 Å². The van der Waals surface area contributed by atoms with E-state index in [1.165, 1.54) is 6.42 Å². The van der Waals surface area contributed by atoms with Gasteiger partial charge in [-0.2, -0.15) is 0 Å². The molecule has 3 nitrogen and oxygen atoms in total. The molecule has 0 saturated carbocycles. The molecule has 0 bridgehead atoms. The van der Waals surface area contributed by atoms with Crippen molar-refractivity contribution >= 4 is 28.1 Å². The van der Waals surface area contributed by atoms with Gasteiger partial charge in [-0.25, -0.2) is 4.98 Å². The summed E-state index contributed by atoms with van der Waals surface area (Å²) in [4.78, 5) is 6.31. The molecule has 0 aliphatic carbocycles. The maximum Gasteiger partial charge on any atom is 0.186 e. The minimum absolute atomic E-state index is 0.364. The molecular formula is C9H13ClN2OS. The van der Waals surface area contributed by atoms with Crippen LogP contribution in [0.15, 0.2) is 5.38 Å². The lowest BCUT2D eigenvalue weighted by atomic mass is 10.2. The smallest absolute Gasteiger partial charge is 0.186 e. The van der Waals surface area contributed by atoms with Crippen molar-refractivity contribution < 1.29 is 4.74 Å². The molecule has 14 heavy (non-hydrogen) atoms. The number of hydrogen-bond acceptors (Lipinski definition) is 4. The second-order valence-electron chi connectivity index (χ2n) is 3.47. The maximum absolute atomic E-state index is 5.76. The van der Waals surface area contributed by atoms with Crippen molar-refractivity contribution in [3.63, 3.8) is 0 Å². The molecular weight excluding hydrogens is 220 g/mol. The van der Waals surface area contributed by atoms with E-state index in [1.54, 1.807) is 11.3 Å². The Balaban J connectivity index is 1.91. The van der Waals surface area contributed by atoms with E-state index in [1.807, 2.05) is 12.4 Å². The molecule has 0 N–H and O–H groups in total. The second kappa shape index (κ2) is 4.47. The van der Waals surface area contributed by atoms with Gasteiger partial charge in [0, 0.05) is 25.6 Å². The monoisotopic (exact) mass is 232 g/mol. The van der Waals surface area contributed by atoms with Gasteiger partial charge in [-0.1, -0.05) is 11.6 Å². The Bertz CT molecular complexity index is 299. The van der Waals surface area contributed by atoms with E-state index in [4.69, 9.17) is 16.3 Å². The SMILES string of the molecule is CN(CC1CCCO1)c1nc(Cl)cs1. The molecule has 1 fully saturated rings. The average molecular weight is 233 g/mol. The summed E-state index contributed by atoms with van der Waals surface area (Å²) in [7, 11) is 2.02. The van der Waals surface area contributed by atoms with Crippen molar-refractivity contribution in [3.8, 4) is 0 Å². The number of nitrogens with zero attached hydrogens (tertiary/aromatic N) is 2. The van der Waals surface area contributed by atoms with E-state index in [0.29, 0.717) is 11.3 Å². The van der Waals surface area contributed by atoms with Crippen molar-refractivity contribution in [2.24, 2.45) is 0 Å². The second-order valence-corrected chi connectivity index (χ2v) is 4.69. The van der Waals surface area contributed by atoms with Gasteiger partial charge >= 0.3 is 0 Å². The summed E-state index contributed by atoms with van der Waals surface area (Å²) in [6.07, 6.45) is 2.70. The lowest BCUT2D eigenvalue weighted by Gasteiger charge is -2.19. The summed E-state index contributed by atoms with van der Waals surface area (Å²) in [5, 5.41) is 3.39. The highest BCUT2D eigenvalue weighted by molar-refractivity contribution is 7.14. The number of anilines is 1. The van der Waals surface area contributed by atoms with E-state index in [9.17, 15) is 0 Å². The number of rotatable bonds is 3. The highest BCUT2D eigenvalue weighted by Gasteiger charge is 2.18. The van der Waals surface area contributed by atoms with Crippen molar-refractivity contribution in [1.82, 2.24) is 4.98 Å². The number of thiazole rings is 1. The van der Waals surface area contributed by atoms with Crippen LogP contribution in [0.4, 0.5) is 5.13 Å². The Morgan fingerprint density at radius 3 is 3.21 bits per heavy atom. The van der Waals surface area contributed by atoms with Crippen LogP contribution in [0.3, 0.4) is 0 Å². The molecule has 1 aromatic heterocycles. The van der Waals surface area contributed by atoms with Crippen LogP contribution in [0, 0.1) is 0 Å². The molecule has 5 heteroatoms. The van der Waals surface area contributed by atoms with Crippen LogP contribution in [0.5, 0.6) is 0 Å². The van der Waals surface area contributed by atoms with Crippen LogP contribution in [-0.2, 0) is 4.74 Å². The molecule has 1 aliphatic rings. The quantitative estimate of drug-likeness (QED) is 0.801. The Labute approximate surface area is 92.7 Å². The van der Waals surface area contributed by atoms with Crippen molar-refractivity contribution in [2.45, 2.75) is 18.9 Å². The van der Waals surface area contributed by atoms with Gasteiger partial charge in [0.2, 0.25) is 0 Å². The zero-order valence-electron chi connectivity index (χ0n) is 8.07. The molecule has 0 aromatic carbocycles. The molecule has 1 aliphatic heterocycles. The molecule has 1 aromatic rings. The van der Waals surface area contributed by atoms with Crippen LogP contribution in [0.2, 0.25) is 5.15 Å². The van der Waals surface area contributed by atoms with Crippen molar-refractivity contribution in [1.29, 1.82) is 0 Å². The number of halogens is 1. The third kappa shape index (κ3) is 2.38. The van der Waals surface area contributed by atoms with E-state index in [0.717, 1.165) is 24.7 Å². The highest BCUT2D eigenvalue weighted by Crippen LogP contribution is 2.23. The predicted octanol–water partition coefficient (Wildman–Crippen LogP) is 2.41. The fraction of sp³-hybridized carbons (Fsp3) is 0.667. The normalized spacial score (nSPS) is 21.4. The predicted molar refractivity (Wildman–Crippen MR) is 59.4 cm³/mol. The lowest BCUT2D eigenvalue weighted by molar-refractivity contribution is 0.116. The van der Waals surface area contributed by atoms with Gasteiger partial charge < -0.3 is 9.64 Å². The molecule has 1 atom stereocenters. The highest BCUT2D eigenvalue weighted by atomic mass is 35.5. The summed E-state index contributed by atoms with van der Waals surface area (Å²) >= 11 is 7.33. The van der Waals surface area contributed by atoms with Crippen LogP contribution in [0.25, 0.3) is 0 Å². The molecule has 78 valence electrons. The Hall–Kier alpha value is -0.320. The molecule has 0 radical (unpaired) electrons. The number of hydrogen-bond donors (Lipinski definition) is 0. The molecule has 1 unspecified atom stereocenters. The summed E-state index contributed by atoms with van der Waals surface area (Å²) in [5.74, 6) is 0. The van der Waals surface area contributed by atoms with Crippen LogP contribution in [-0.4, -0.2) is 31.3 Å². The van der Waals surface area contributed by atoms with E-state index >= 15 is 0 Å². The first-order chi connectivity index (χ1) is 6.75. The van der Waals surface area contributed by atoms with Crippen molar-refractivity contribution in [2.75, 3.05) is 25.1 Å². The third-order valence-corrected chi connectivity index (χ3v) is 3.57. The first kappa shape index (κ1) is 10.2. The van der Waals surface area contributed by atoms with Gasteiger partial charge in [0.25, 0.3) is 0 Å². The first-order valence-corrected chi connectivity index (χ1v) is 5.95. The summed E-state index contributed by atoms with van der Waals surface area (Å²) in [5.41, 5.74) is 0. The molecule has 2 heterocycles. The van der Waals surface area contributed by atoms with Gasteiger partial charge in [0.05, 0.1) is 6.10 Å². The number of aromatic nitrogens is 1. The summed E-state index contributed by atoms with van der Waals surface area (Å²) < 4.78 is 5.55. The Morgan fingerprint density at radius 1 is 1.79 bits per heavy atom. The fourth-order valence-corrected chi connectivity index (χ4v) is 2.52. The van der Waals surface area contributed by atoms with Crippen LogP contribution >= 0.6 is 22.9 Å². The molecule has 1 saturated heterocycles. The topological polar surface area (TPSA) is 25.4 Å². The zero-order valence-corrected chi connectivity index (χ0v) is 9.64. The Kier molecular flexibility index (Phi) is 3.26. The minimum atomic E-state index is 0.364. The van der Waals surface area contributed by atoms with Gasteiger partial charge in [-0.3, -0.25) is 0 Å². The summed E-state index contributed by atoms with van der Waals surface area (Å²) in [6.45, 7) is 1.81. The minimum Gasteiger partial charge on any atom is -0.376 e. The molecule has 0 amide bonds. The Morgan fingerprint density at radius 2 is 2.64 bits per heavy atom. The van der Waals surface area contributed by atoms with Gasteiger partial charge in [-0.15, -0.1) is 11.3 Å². The van der Waals surface area contributed by atoms with E-state index < -0.39 is 0 Å². The van der Waals surface area contributed by atoms with Gasteiger partial charge in [0.15, 0.2) is 5.13 Å². The average Bonchev–Trinajstić information content (AvgIpc) is 2.75. The fourth-order valence-electron chi connectivity index (χ4n) is 1.59. The van der Waals surface area contributed by atoms with E-state index in [2.05, 4.69) is 9.88 Å². The lowest BCUT2D eigenvalue weighted by Crippen LogP contribution is -2.28. The standard InChI is InChI=1S/C9H13ClN2OS/c1-12(5-7-3-2-4-13-7)9-11-8(10)6-14-9/h6-7H,2-5H2,1H3. The maximum atomic E-state index is 5.76. The van der Waals surface area contributed by atoms with Crippen LogP contribution < -0.4 is 4.90 Å². The largest absolute Gasteiger partial charge is 0.376 e. The van der Waals surface area contributed by atoms with Gasteiger partial charge in [0.1, 0.15) is 5.15 Å². The zero-order chi connectivity index (χ0) is 9.97. The first-order valence-electron chi connectivity index (χ1n) is 4.69.